The fourth-order valence-electron chi connectivity index (χ4n) is 4.98. The number of hydrogen-bond donors (Lipinski definition) is 2. The zero-order valence-electron chi connectivity index (χ0n) is 17.8. The normalized spacial score (nSPS) is 15.1. The molecule has 6 rings (SSSR count). The summed E-state index contributed by atoms with van der Waals surface area (Å²) in [5.41, 5.74) is 7.64. The van der Waals surface area contributed by atoms with Crippen molar-refractivity contribution in [3.63, 3.8) is 0 Å². The smallest absolute Gasteiger partial charge is 0.0474 e. The van der Waals surface area contributed by atoms with Crippen LogP contribution in [0, 0.1) is 0 Å². The van der Waals surface area contributed by atoms with E-state index in [1.54, 1.807) is 0 Å². The van der Waals surface area contributed by atoms with Crippen molar-refractivity contribution in [2.45, 2.75) is 6.54 Å². The lowest BCUT2D eigenvalue weighted by molar-refractivity contribution is 0.248. The summed E-state index contributed by atoms with van der Waals surface area (Å²) in [6.07, 6.45) is 2.03. The Labute approximate surface area is 196 Å². The van der Waals surface area contributed by atoms with Crippen LogP contribution >= 0.6 is 15.9 Å². The summed E-state index contributed by atoms with van der Waals surface area (Å²) >= 11 is 3.57. The molecule has 5 heteroatoms. The number of aromatic amines is 2. The number of aromatic nitrogens is 2. The lowest BCUT2D eigenvalue weighted by Gasteiger charge is -2.36. The molecular formula is C27H25BrN4. The Morgan fingerprint density at radius 3 is 2.38 bits per heavy atom. The largest absolute Gasteiger partial charge is 0.368 e. The number of H-pyrrole nitrogens is 2. The van der Waals surface area contributed by atoms with E-state index in [0.717, 1.165) is 37.2 Å². The molecule has 0 aliphatic carbocycles. The van der Waals surface area contributed by atoms with Crippen molar-refractivity contribution in [2.24, 2.45) is 0 Å². The van der Waals surface area contributed by atoms with Crippen LogP contribution in [0.1, 0.15) is 5.69 Å². The molecule has 3 aromatic carbocycles. The molecule has 2 N–H and O–H groups in total. The van der Waals surface area contributed by atoms with Crippen LogP contribution in [0.5, 0.6) is 0 Å². The van der Waals surface area contributed by atoms with Crippen molar-refractivity contribution in [2.75, 3.05) is 31.1 Å². The molecule has 32 heavy (non-hydrogen) atoms. The maximum atomic E-state index is 3.72. The molecule has 3 heterocycles. The van der Waals surface area contributed by atoms with Gasteiger partial charge in [0.15, 0.2) is 0 Å². The summed E-state index contributed by atoms with van der Waals surface area (Å²) in [6, 6.07) is 26.0. The molecule has 1 aliphatic rings. The van der Waals surface area contributed by atoms with Crippen molar-refractivity contribution in [3.8, 4) is 11.1 Å². The number of nitrogens with zero attached hydrogens (tertiary/aromatic N) is 2. The van der Waals surface area contributed by atoms with E-state index < -0.39 is 0 Å². The first-order valence-electron chi connectivity index (χ1n) is 11.2. The number of anilines is 1. The minimum Gasteiger partial charge on any atom is -0.368 e. The average molecular weight is 485 g/mol. The summed E-state index contributed by atoms with van der Waals surface area (Å²) in [5, 5.41) is 2.61. The van der Waals surface area contributed by atoms with Crippen molar-refractivity contribution < 1.29 is 0 Å². The molecule has 4 nitrogen and oxygen atoms in total. The van der Waals surface area contributed by atoms with Gasteiger partial charge in [0.05, 0.1) is 0 Å². The molecule has 1 saturated heterocycles. The first kappa shape index (κ1) is 19.6. The van der Waals surface area contributed by atoms with Crippen molar-refractivity contribution in [1.29, 1.82) is 0 Å². The van der Waals surface area contributed by atoms with E-state index in [1.165, 1.54) is 44.3 Å². The van der Waals surface area contributed by atoms with Gasteiger partial charge in [0.1, 0.15) is 0 Å². The van der Waals surface area contributed by atoms with Crippen molar-refractivity contribution >= 4 is 43.4 Å². The van der Waals surface area contributed by atoms with Gasteiger partial charge in [0.25, 0.3) is 0 Å². The molecule has 0 saturated carbocycles. The van der Waals surface area contributed by atoms with Gasteiger partial charge in [-0.3, -0.25) is 4.90 Å². The zero-order valence-corrected chi connectivity index (χ0v) is 19.4. The number of benzene rings is 3. The molecule has 5 aromatic rings. The maximum Gasteiger partial charge on any atom is 0.0474 e. The topological polar surface area (TPSA) is 38.1 Å². The molecule has 0 spiro atoms. The van der Waals surface area contributed by atoms with Gasteiger partial charge in [0, 0.05) is 82.1 Å². The van der Waals surface area contributed by atoms with Crippen molar-refractivity contribution in [1.82, 2.24) is 14.9 Å². The van der Waals surface area contributed by atoms with Gasteiger partial charge in [-0.15, -0.1) is 0 Å². The van der Waals surface area contributed by atoms with E-state index in [1.807, 2.05) is 6.20 Å². The fourth-order valence-corrected chi connectivity index (χ4v) is 5.24. The van der Waals surface area contributed by atoms with E-state index in [0.29, 0.717) is 0 Å². The summed E-state index contributed by atoms with van der Waals surface area (Å²) < 4.78 is 1.11. The highest BCUT2D eigenvalue weighted by Gasteiger charge is 2.21. The molecular weight excluding hydrogens is 460 g/mol. The Morgan fingerprint density at radius 1 is 0.750 bits per heavy atom. The maximum absolute atomic E-state index is 3.72. The van der Waals surface area contributed by atoms with Crippen LogP contribution in [-0.4, -0.2) is 41.0 Å². The van der Waals surface area contributed by atoms with E-state index in [-0.39, 0.29) is 0 Å². The second-order valence-electron chi connectivity index (χ2n) is 8.51. The first-order chi connectivity index (χ1) is 15.8. The predicted octanol–water partition coefficient (Wildman–Crippen LogP) is 6.40. The summed E-state index contributed by atoms with van der Waals surface area (Å²) in [7, 11) is 0. The summed E-state index contributed by atoms with van der Waals surface area (Å²) in [4.78, 5) is 12.1. The second kappa shape index (κ2) is 8.15. The molecule has 2 aromatic heterocycles. The zero-order chi connectivity index (χ0) is 21.5. The van der Waals surface area contributed by atoms with Crippen LogP contribution in [0.15, 0.2) is 83.5 Å². The van der Waals surface area contributed by atoms with E-state index in [2.05, 4.69) is 108 Å². The number of hydrogen-bond acceptors (Lipinski definition) is 2. The van der Waals surface area contributed by atoms with Gasteiger partial charge in [-0.2, -0.15) is 0 Å². The lowest BCUT2D eigenvalue weighted by Crippen LogP contribution is -2.46. The molecule has 1 aliphatic heterocycles. The Bertz CT molecular complexity index is 1370. The van der Waals surface area contributed by atoms with Crippen LogP contribution in [0.3, 0.4) is 0 Å². The molecule has 0 atom stereocenters. The van der Waals surface area contributed by atoms with Crippen molar-refractivity contribution in [3.05, 3.63) is 89.2 Å². The standard InChI is InChI=1S/C27H25BrN4/c28-20-10-8-19(9-11-20)27-22-4-1-2-5-24(22)30-25(27)18-31-14-16-32(17-15-31)26-7-3-6-23-21(26)12-13-29-23/h1-13,29-30H,14-18H2. The van der Waals surface area contributed by atoms with E-state index >= 15 is 0 Å². The monoisotopic (exact) mass is 484 g/mol. The molecule has 0 bridgehead atoms. The Kier molecular flexibility index (Phi) is 5.01. The predicted molar refractivity (Wildman–Crippen MR) is 137 cm³/mol. The fraction of sp³-hybridized carbons (Fsp3) is 0.185. The number of nitrogens with one attached hydrogen (secondary N) is 2. The van der Waals surface area contributed by atoms with Crippen LogP contribution in [-0.2, 0) is 6.54 Å². The second-order valence-corrected chi connectivity index (χ2v) is 9.43. The Balaban J connectivity index is 1.25. The average Bonchev–Trinajstić information content (AvgIpc) is 3.45. The van der Waals surface area contributed by atoms with E-state index in [9.17, 15) is 0 Å². The highest BCUT2D eigenvalue weighted by atomic mass is 79.9. The Morgan fingerprint density at radius 2 is 1.53 bits per heavy atom. The van der Waals surface area contributed by atoms with Gasteiger partial charge < -0.3 is 14.9 Å². The van der Waals surface area contributed by atoms with Gasteiger partial charge >= 0.3 is 0 Å². The summed E-state index contributed by atoms with van der Waals surface area (Å²) in [5.74, 6) is 0. The number of halogens is 1. The molecule has 1 fully saturated rings. The quantitative estimate of drug-likeness (QED) is 0.309. The Hall–Kier alpha value is -3.02. The number of para-hydroxylation sites is 1. The first-order valence-corrected chi connectivity index (χ1v) is 11.9. The van der Waals surface area contributed by atoms with E-state index in [4.69, 9.17) is 0 Å². The number of piperazine rings is 1. The van der Waals surface area contributed by atoms with Gasteiger partial charge in [-0.25, -0.2) is 0 Å². The highest BCUT2D eigenvalue weighted by molar-refractivity contribution is 9.10. The third-order valence-electron chi connectivity index (χ3n) is 6.58. The van der Waals surface area contributed by atoms with Gasteiger partial charge in [0.2, 0.25) is 0 Å². The third kappa shape index (κ3) is 3.51. The van der Waals surface area contributed by atoms with Crippen LogP contribution in [0.4, 0.5) is 5.69 Å². The number of fused-ring (bicyclic) bond motifs is 2. The minimum absolute atomic E-state index is 0.933. The third-order valence-corrected chi connectivity index (χ3v) is 7.11. The lowest BCUT2D eigenvalue weighted by atomic mass is 10.0. The SMILES string of the molecule is Brc1ccc(-c2c(CN3CCN(c4cccc5[nH]ccc45)CC3)[nH]c3ccccc23)cc1. The van der Waals surface area contributed by atoms with Crippen LogP contribution < -0.4 is 4.90 Å². The molecule has 0 radical (unpaired) electrons. The van der Waals surface area contributed by atoms with Gasteiger partial charge in [-0.05, 0) is 42.0 Å². The summed E-state index contributed by atoms with van der Waals surface area (Å²) in [6.45, 7) is 5.12. The molecule has 0 unspecified atom stereocenters. The molecule has 160 valence electrons. The van der Waals surface area contributed by atoms with Gasteiger partial charge in [-0.1, -0.05) is 52.3 Å². The minimum atomic E-state index is 0.933. The van der Waals surface area contributed by atoms with Crippen LogP contribution in [0.25, 0.3) is 32.9 Å². The van der Waals surface area contributed by atoms with Crippen LogP contribution in [0.2, 0.25) is 0 Å². The highest BCUT2D eigenvalue weighted by Crippen LogP contribution is 2.34. The number of rotatable bonds is 4. The molecule has 0 amide bonds.